The van der Waals surface area contributed by atoms with Gasteiger partial charge in [0.15, 0.2) is 0 Å². The SMILES string of the molecule is Cc1ccc(NC(=O)NCc2ccc(CN)cc2)cc1. The number of anilines is 1. The standard InChI is InChI=1S/C16H19N3O/c1-12-2-8-15(9-3-12)19-16(20)18-11-14-6-4-13(10-17)5-7-14/h2-9H,10-11,17H2,1H3,(H2,18,19,20). The number of carbonyl (C=O) groups is 1. The van der Waals surface area contributed by atoms with E-state index in [1.807, 2.05) is 55.5 Å². The van der Waals surface area contributed by atoms with Gasteiger partial charge in [-0.15, -0.1) is 0 Å². The molecule has 0 bridgehead atoms. The van der Waals surface area contributed by atoms with E-state index < -0.39 is 0 Å². The van der Waals surface area contributed by atoms with Crippen molar-refractivity contribution in [2.45, 2.75) is 20.0 Å². The number of nitrogens with two attached hydrogens (primary N) is 1. The Hall–Kier alpha value is -2.33. The third-order valence-electron chi connectivity index (χ3n) is 3.02. The molecule has 0 atom stereocenters. The minimum absolute atomic E-state index is 0.211. The number of amides is 2. The molecule has 2 amide bonds. The lowest BCUT2D eigenvalue weighted by Gasteiger charge is -2.08. The number of rotatable bonds is 4. The van der Waals surface area contributed by atoms with Crippen molar-refractivity contribution >= 4 is 11.7 Å². The zero-order chi connectivity index (χ0) is 14.4. The Bertz CT molecular complexity index is 561. The van der Waals surface area contributed by atoms with Gasteiger partial charge < -0.3 is 16.4 Å². The Labute approximate surface area is 119 Å². The molecule has 0 radical (unpaired) electrons. The lowest BCUT2D eigenvalue weighted by molar-refractivity contribution is 0.251. The van der Waals surface area contributed by atoms with E-state index in [1.165, 1.54) is 0 Å². The molecule has 0 aromatic heterocycles. The molecule has 0 heterocycles. The van der Waals surface area contributed by atoms with Crippen LogP contribution in [0.5, 0.6) is 0 Å². The summed E-state index contributed by atoms with van der Waals surface area (Å²) < 4.78 is 0. The highest BCUT2D eigenvalue weighted by molar-refractivity contribution is 5.89. The molecule has 2 aromatic rings. The topological polar surface area (TPSA) is 67.2 Å². The van der Waals surface area contributed by atoms with Crippen molar-refractivity contribution in [3.8, 4) is 0 Å². The van der Waals surface area contributed by atoms with Crippen molar-refractivity contribution in [3.63, 3.8) is 0 Å². The number of hydrogen-bond acceptors (Lipinski definition) is 2. The predicted octanol–water partition coefficient (Wildman–Crippen LogP) is 2.78. The van der Waals surface area contributed by atoms with Crippen LogP contribution >= 0.6 is 0 Å². The normalized spacial score (nSPS) is 10.1. The van der Waals surface area contributed by atoms with Crippen LogP contribution in [0.15, 0.2) is 48.5 Å². The van der Waals surface area contributed by atoms with Crippen LogP contribution in [-0.2, 0) is 13.1 Å². The molecule has 0 unspecified atom stereocenters. The molecule has 0 fully saturated rings. The number of urea groups is 1. The second-order valence-electron chi connectivity index (χ2n) is 4.69. The molecule has 0 aliphatic heterocycles. The van der Waals surface area contributed by atoms with E-state index in [0.29, 0.717) is 13.1 Å². The summed E-state index contributed by atoms with van der Waals surface area (Å²) in [4.78, 5) is 11.8. The summed E-state index contributed by atoms with van der Waals surface area (Å²) in [6.07, 6.45) is 0. The number of nitrogens with one attached hydrogen (secondary N) is 2. The van der Waals surface area contributed by atoms with Gasteiger partial charge in [0.05, 0.1) is 0 Å². The summed E-state index contributed by atoms with van der Waals surface area (Å²) in [6, 6.07) is 15.3. The first-order valence-corrected chi connectivity index (χ1v) is 6.57. The minimum atomic E-state index is -0.211. The summed E-state index contributed by atoms with van der Waals surface area (Å²) in [5.41, 5.74) is 9.61. The zero-order valence-electron chi connectivity index (χ0n) is 11.5. The molecule has 0 aliphatic rings. The second-order valence-corrected chi connectivity index (χ2v) is 4.69. The Morgan fingerprint density at radius 3 is 2.20 bits per heavy atom. The van der Waals surface area contributed by atoms with E-state index in [4.69, 9.17) is 5.73 Å². The maximum absolute atomic E-state index is 11.8. The number of benzene rings is 2. The van der Waals surface area contributed by atoms with Gasteiger partial charge in [-0.05, 0) is 30.2 Å². The van der Waals surface area contributed by atoms with Crippen molar-refractivity contribution < 1.29 is 4.79 Å². The van der Waals surface area contributed by atoms with Gasteiger partial charge in [-0.25, -0.2) is 4.79 Å². The Morgan fingerprint density at radius 1 is 1.00 bits per heavy atom. The molecule has 0 saturated heterocycles. The highest BCUT2D eigenvalue weighted by Gasteiger charge is 2.01. The summed E-state index contributed by atoms with van der Waals surface area (Å²) >= 11 is 0. The summed E-state index contributed by atoms with van der Waals surface area (Å²) in [5, 5.41) is 5.61. The van der Waals surface area contributed by atoms with Crippen LogP contribution in [0.2, 0.25) is 0 Å². The summed E-state index contributed by atoms with van der Waals surface area (Å²) in [6.45, 7) is 3.03. The van der Waals surface area contributed by atoms with Gasteiger partial charge in [-0.1, -0.05) is 42.0 Å². The van der Waals surface area contributed by atoms with Gasteiger partial charge in [-0.3, -0.25) is 0 Å². The van der Waals surface area contributed by atoms with Crippen molar-refractivity contribution in [1.82, 2.24) is 5.32 Å². The molecule has 104 valence electrons. The number of carbonyl (C=O) groups excluding carboxylic acids is 1. The number of hydrogen-bond donors (Lipinski definition) is 3. The van der Waals surface area contributed by atoms with Gasteiger partial charge in [0.25, 0.3) is 0 Å². The highest BCUT2D eigenvalue weighted by Crippen LogP contribution is 2.08. The minimum Gasteiger partial charge on any atom is -0.334 e. The molecule has 2 rings (SSSR count). The van der Waals surface area contributed by atoms with Gasteiger partial charge in [0, 0.05) is 18.8 Å². The number of aryl methyl sites for hydroxylation is 1. The van der Waals surface area contributed by atoms with Crippen molar-refractivity contribution in [3.05, 3.63) is 65.2 Å². The van der Waals surface area contributed by atoms with Crippen molar-refractivity contribution in [2.24, 2.45) is 5.73 Å². The third-order valence-corrected chi connectivity index (χ3v) is 3.02. The first kappa shape index (κ1) is 14.1. The zero-order valence-corrected chi connectivity index (χ0v) is 11.5. The molecule has 0 spiro atoms. The largest absolute Gasteiger partial charge is 0.334 e. The van der Waals surface area contributed by atoms with E-state index >= 15 is 0 Å². The van der Waals surface area contributed by atoms with Gasteiger partial charge in [0.2, 0.25) is 0 Å². The Kier molecular flexibility index (Phi) is 4.74. The summed E-state index contributed by atoms with van der Waals surface area (Å²) in [7, 11) is 0. The van der Waals surface area contributed by atoms with Crippen LogP contribution in [0.1, 0.15) is 16.7 Å². The van der Waals surface area contributed by atoms with Crippen LogP contribution in [0, 0.1) is 6.92 Å². The average molecular weight is 269 g/mol. The molecule has 0 aliphatic carbocycles. The second kappa shape index (κ2) is 6.73. The highest BCUT2D eigenvalue weighted by atomic mass is 16.2. The quantitative estimate of drug-likeness (QED) is 0.799. The van der Waals surface area contributed by atoms with E-state index in [9.17, 15) is 4.79 Å². The smallest absolute Gasteiger partial charge is 0.319 e. The molecule has 20 heavy (non-hydrogen) atoms. The lowest BCUT2D eigenvalue weighted by Crippen LogP contribution is -2.28. The Balaban J connectivity index is 1.83. The molecule has 0 saturated carbocycles. The van der Waals surface area contributed by atoms with E-state index in [1.54, 1.807) is 0 Å². The van der Waals surface area contributed by atoms with E-state index in [2.05, 4.69) is 10.6 Å². The van der Waals surface area contributed by atoms with Crippen LogP contribution in [-0.4, -0.2) is 6.03 Å². The van der Waals surface area contributed by atoms with Crippen LogP contribution in [0.4, 0.5) is 10.5 Å². The van der Waals surface area contributed by atoms with Crippen LogP contribution < -0.4 is 16.4 Å². The first-order valence-electron chi connectivity index (χ1n) is 6.57. The maximum Gasteiger partial charge on any atom is 0.319 e. The average Bonchev–Trinajstić information content (AvgIpc) is 2.48. The first-order chi connectivity index (χ1) is 9.67. The summed E-state index contributed by atoms with van der Waals surface area (Å²) in [5.74, 6) is 0. The molecule has 4 heteroatoms. The van der Waals surface area contributed by atoms with E-state index in [0.717, 1.165) is 22.4 Å². The molecule has 4 N–H and O–H groups in total. The lowest BCUT2D eigenvalue weighted by atomic mass is 10.1. The monoisotopic (exact) mass is 269 g/mol. The molecular weight excluding hydrogens is 250 g/mol. The fourth-order valence-electron chi connectivity index (χ4n) is 1.79. The third kappa shape index (κ3) is 4.10. The van der Waals surface area contributed by atoms with Gasteiger partial charge >= 0.3 is 6.03 Å². The van der Waals surface area contributed by atoms with Gasteiger partial charge in [-0.2, -0.15) is 0 Å². The Morgan fingerprint density at radius 2 is 1.60 bits per heavy atom. The molecule has 2 aromatic carbocycles. The van der Waals surface area contributed by atoms with Crippen LogP contribution in [0.25, 0.3) is 0 Å². The predicted molar refractivity (Wildman–Crippen MR) is 81.4 cm³/mol. The molecule has 4 nitrogen and oxygen atoms in total. The van der Waals surface area contributed by atoms with Crippen molar-refractivity contribution in [2.75, 3.05) is 5.32 Å². The van der Waals surface area contributed by atoms with E-state index in [-0.39, 0.29) is 6.03 Å². The fourth-order valence-corrected chi connectivity index (χ4v) is 1.79. The fraction of sp³-hybridized carbons (Fsp3) is 0.188. The van der Waals surface area contributed by atoms with Crippen molar-refractivity contribution in [1.29, 1.82) is 0 Å². The molecular formula is C16H19N3O. The van der Waals surface area contributed by atoms with Crippen LogP contribution in [0.3, 0.4) is 0 Å². The maximum atomic E-state index is 11.8. The van der Waals surface area contributed by atoms with Gasteiger partial charge in [0.1, 0.15) is 0 Å².